The molecule has 1 unspecified atom stereocenters. The number of nitrogens with one attached hydrogen (secondary N) is 1. The fourth-order valence-corrected chi connectivity index (χ4v) is 4.24. The molecule has 0 spiro atoms. The summed E-state index contributed by atoms with van der Waals surface area (Å²) in [5.41, 5.74) is 0.838. The molecule has 2 amide bonds. The van der Waals surface area contributed by atoms with Gasteiger partial charge in [-0.3, -0.25) is 9.59 Å². The van der Waals surface area contributed by atoms with E-state index in [2.05, 4.69) is 10.1 Å². The second-order valence-electron chi connectivity index (χ2n) is 6.63. The summed E-state index contributed by atoms with van der Waals surface area (Å²) in [7, 11) is 2.88. The van der Waals surface area contributed by atoms with Crippen LogP contribution in [0.5, 0.6) is 17.2 Å². The highest BCUT2D eigenvalue weighted by molar-refractivity contribution is 7.99. The van der Waals surface area contributed by atoms with Crippen LogP contribution < -0.4 is 19.5 Å². The molecular formula is C22H22F2N2O5S. The maximum absolute atomic E-state index is 12.8. The first-order valence-electron chi connectivity index (χ1n) is 9.56. The Morgan fingerprint density at radius 2 is 1.91 bits per heavy atom. The molecule has 1 aliphatic heterocycles. The van der Waals surface area contributed by atoms with E-state index in [1.807, 2.05) is 0 Å². The van der Waals surface area contributed by atoms with Crippen molar-refractivity contribution in [2.45, 2.75) is 12.7 Å². The Labute approximate surface area is 188 Å². The van der Waals surface area contributed by atoms with Gasteiger partial charge in [-0.1, -0.05) is 12.1 Å². The minimum atomic E-state index is -3.05. The third-order valence-electron chi connectivity index (χ3n) is 4.67. The number of halogens is 2. The number of para-hydroxylation sites is 1. The van der Waals surface area contributed by atoms with Crippen molar-refractivity contribution >= 4 is 35.3 Å². The van der Waals surface area contributed by atoms with E-state index in [-0.39, 0.29) is 23.0 Å². The quantitative estimate of drug-likeness (QED) is 0.598. The lowest BCUT2D eigenvalue weighted by atomic mass is 10.1. The highest BCUT2D eigenvalue weighted by atomic mass is 32.2. The summed E-state index contributed by atoms with van der Waals surface area (Å²) in [6.07, 6.45) is 2.59. The fraction of sp³-hybridized carbons (Fsp3) is 0.273. The minimum absolute atomic E-state index is 0.119. The van der Waals surface area contributed by atoms with Crippen LogP contribution in [-0.2, 0) is 9.59 Å². The number of amides is 2. The van der Waals surface area contributed by atoms with Gasteiger partial charge >= 0.3 is 6.61 Å². The van der Waals surface area contributed by atoms with Gasteiger partial charge in [0.25, 0.3) is 0 Å². The van der Waals surface area contributed by atoms with Crippen LogP contribution in [0, 0.1) is 0 Å². The first-order valence-corrected chi connectivity index (χ1v) is 10.7. The number of anilines is 1. The van der Waals surface area contributed by atoms with Crippen molar-refractivity contribution in [3.63, 3.8) is 0 Å². The van der Waals surface area contributed by atoms with E-state index in [1.54, 1.807) is 37.4 Å². The number of nitrogens with zero attached hydrogens (tertiary/aromatic N) is 1. The van der Waals surface area contributed by atoms with Crippen molar-refractivity contribution in [3.05, 3.63) is 54.1 Å². The van der Waals surface area contributed by atoms with Gasteiger partial charge in [0.05, 0.1) is 20.1 Å². The van der Waals surface area contributed by atoms with Crippen molar-refractivity contribution in [1.29, 1.82) is 0 Å². The largest absolute Gasteiger partial charge is 0.497 e. The summed E-state index contributed by atoms with van der Waals surface area (Å²) in [4.78, 5) is 26.9. The molecule has 2 aromatic carbocycles. The Kier molecular flexibility index (Phi) is 7.93. The molecule has 1 heterocycles. The van der Waals surface area contributed by atoms with E-state index in [0.29, 0.717) is 23.1 Å². The third kappa shape index (κ3) is 5.70. The number of methoxy groups -OCH3 is 2. The van der Waals surface area contributed by atoms with Gasteiger partial charge in [0.1, 0.15) is 11.8 Å². The van der Waals surface area contributed by atoms with E-state index in [4.69, 9.17) is 9.47 Å². The zero-order valence-electron chi connectivity index (χ0n) is 17.4. The molecule has 1 fully saturated rings. The summed E-state index contributed by atoms with van der Waals surface area (Å²) >= 11 is 1.45. The number of carbonyl (C=O) groups excluding carboxylic acids is 2. The zero-order valence-corrected chi connectivity index (χ0v) is 18.2. The predicted molar refractivity (Wildman–Crippen MR) is 118 cm³/mol. The Morgan fingerprint density at radius 3 is 2.56 bits per heavy atom. The van der Waals surface area contributed by atoms with Crippen LogP contribution >= 0.6 is 11.8 Å². The van der Waals surface area contributed by atoms with E-state index in [1.165, 1.54) is 48.1 Å². The molecule has 170 valence electrons. The van der Waals surface area contributed by atoms with E-state index >= 15 is 0 Å². The molecular weight excluding hydrogens is 442 g/mol. The lowest BCUT2D eigenvalue weighted by Gasteiger charge is -2.22. The molecule has 0 aliphatic carbocycles. The van der Waals surface area contributed by atoms with Crippen molar-refractivity contribution in [2.75, 3.05) is 31.2 Å². The van der Waals surface area contributed by atoms with Gasteiger partial charge in [-0.15, -0.1) is 11.8 Å². The van der Waals surface area contributed by atoms with Gasteiger partial charge in [0, 0.05) is 23.1 Å². The smallest absolute Gasteiger partial charge is 0.387 e. The van der Waals surface area contributed by atoms with E-state index in [0.717, 1.165) is 0 Å². The number of carbonyl (C=O) groups is 2. The summed E-state index contributed by atoms with van der Waals surface area (Å²) in [6, 6.07) is 10.8. The van der Waals surface area contributed by atoms with Crippen molar-refractivity contribution < 1.29 is 32.6 Å². The Bertz CT molecular complexity index is 985. The van der Waals surface area contributed by atoms with Gasteiger partial charge in [-0.25, -0.2) is 0 Å². The molecule has 3 rings (SSSR count). The van der Waals surface area contributed by atoms with Crippen molar-refractivity contribution in [3.8, 4) is 17.2 Å². The molecule has 1 saturated heterocycles. The lowest BCUT2D eigenvalue weighted by molar-refractivity contribution is -0.132. The fourth-order valence-electron chi connectivity index (χ4n) is 3.07. The van der Waals surface area contributed by atoms with Crippen molar-refractivity contribution in [2.24, 2.45) is 0 Å². The lowest BCUT2D eigenvalue weighted by Crippen LogP contribution is -2.43. The Morgan fingerprint density at radius 1 is 1.16 bits per heavy atom. The zero-order chi connectivity index (χ0) is 23.1. The Hall–Kier alpha value is -3.27. The monoisotopic (exact) mass is 464 g/mol. The molecule has 0 radical (unpaired) electrons. The molecule has 0 bridgehead atoms. The first-order chi connectivity index (χ1) is 15.4. The van der Waals surface area contributed by atoms with Crippen LogP contribution in [-0.4, -0.2) is 55.2 Å². The van der Waals surface area contributed by atoms with Gasteiger partial charge in [0.2, 0.25) is 11.8 Å². The maximum Gasteiger partial charge on any atom is 0.387 e. The van der Waals surface area contributed by atoms with Crippen LogP contribution in [0.2, 0.25) is 0 Å². The van der Waals surface area contributed by atoms with Crippen LogP contribution in [0.15, 0.2) is 48.5 Å². The van der Waals surface area contributed by atoms with Crippen LogP contribution in [0.1, 0.15) is 5.56 Å². The molecule has 10 heteroatoms. The van der Waals surface area contributed by atoms with Gasteiger partial charge in [-0.05, 0) is 36.4 Å². The van der Waals surface area contributed by atoms with Gasteiger partial charge in [-0.2, -0.15) is 8.78 Å². The van der Waals surface area contributed by atoms with Gasteiger partial charge < -0.3 is 24.4 Å². The molecule has 0 saturated carbocycles. The number of rotatable bonds is 8. The van der Waals surface area contributed by atoms with Crippen LogP contribution in [0.4, 0.5) is 14.5 Å². The van der Waals surface area contributed by atoms with Gasteiger partial charge in [0.15, 0.2) is 11.5 Å². The number of benzene rings is 2. The normalized spacial score (nSPS) is 15.8. The number of thioether (sulfide) groups is 1. The van der Waals surface area contributed by atoms with E-state index in [9.17, 15) is 18.4 Å². The number of ether oxygens (including phenoxy) is 3. The molecule has 1 N–H and O–H groups in total. The number of alkyl halides is 2. The average Bonchev–Trinajstić information content (AvgIpc) is 3.28. The molecule has 2 aromatic rings. The molecule has 1 atom stereocenters. The summed E-state index contributed by atoms with van der Waals surface area (Å²) in [5, 5.41) is 2.79. The highest BCUT2D eigenvalue weighted by Gasteiger charge is 2.33. The second kappa shape index (κ2) is 10.9. The van der Waals surface area contributed by atoms with Crippen LogP contribution in [0.25, 0.3) is 6.08 Å². The second-order valence-corrected chi connectivity index (χ2v) is 7.63. The molecule has 0 aromatic heterocycles. The number of hydrogen-bond acceptors (Lipinski definition) is 6. The predicted octanol–water partition coefficient (Wildman–Crippen LogP) is 3.86. The number of hydrogen-bond donors (Lipinski definition) is 1. The SMILES string of the molecule is COc1ccc(NC(=O)C2CSCN2C(=O)/C=C/c2cccc(OC)c2OC(F)F)cc1. The molecule has 1 aliphatic rings. The summed E-state index contributed by atoms with van der Waals surface area (Å²) < 4.78 is 40.3. The average molecular weight is 464 g/mol. The van der Waals surface area contributed by atoms with Crippen LogP contribution in [0.3, 0.4) is 0 Å². The highest BCUT2D eigenvalue weighted by Crippen LogP contribution is 2.33. The first kappa shape index (κ1) is 23.4. The maximum atomic E-state index is 12.8. The summed E-state index contributed by atoms with van der Waals surface area (Å²) in [5.74, 6) is 0.657. The molecule has 7 nitrogen and oxygen atoms in total. The minimum Gasteiger partial charge on any atom is -0.497 e. The van der Waals surface area contributed by atoms with Crippen molar-refractivity contribution in [1.82, 2.24) is 4.90 Å². The molecule has 32 heavy (non-hydrogen) atoms. The Balaban J connectivity index is 1.71. The van der Waals surface area contributed by atoms with E-state index < -0.39 is 18.6 Å². The summed E-state index contributed by atoms with van der Waals surface area (Å²) in [6.45, 7) is -3.05. The topological polar surface area (TPSA) is 77.1 Å². The standard InChI is InChI=1S/C22H22F2N2O5S/c1-29-16-9-7-15(8-10-16)25-21(28)17-12-32-13-26(17)19(27)11-6-14-4-3-5-18(30-2)20(14)31-22(23)24/h3-11,17,22H,12-13H2,1-2H3,(H,25,28)/b11-6+. The third-order valence-corrected chi connectivity index (χ3v) is 5.68.